The summed E-state index contributed by atoms with van der Waals surface area (Å²) in [6.45, 7) is -0.167. The number of alkyl halides is 3. The molecule has 0 saturated carbocycles. The molecule has 186 valence electrons. The van der Waals surface area contributed by atoms with Crippen molar-refractivity contribution in [1.82, 2.24) is 9.55 Å². The quantitative estimate of drug-likeness (QED) is 0.262. The zero-order chi connectivity index (χ0) is 26.0. The van der Waals surface area contributed by atoms with E-state index < -0.39 is 34.1 Å². The van der Waals surface area contributed by atoms with Gasteiger partial charge in [-0.3, -0.25) is 4.57 Å². The van der Waals surface area contributed by atoms with Crippen LogP contribution in [0.25, 0.3) is 11.3 Å². The van der Waals surface area contributed by atoms with Crippen LogP contribution < -0.4 is 15.2 Å². The molecular formula is C25H16ClF5N2O3. The van der Waals surface area contributed by atoms with Crippen LogP contribution in [0.2, 0.25) is 5.02 Å². The Labute approximate surface area is 206 Å². The molecule has 4 aromatic rings. The standard InChI is InChI=1S/C25H16ClF5N2O3/c1-33-21(15-3-5-16(27)6-4-15)12-23(32-24(33)34)35-13-14-2-9-22(20(28)10-14)36-17-7-8-19(26)18(11-17)25(29,30)31/h2-12H,13H2,1H3. The molecule has 0 aliphatic carbocycles. The normalized spacial score (nSPS) is 11.4. The van der Waals surface area contributed by atoms with Gasteiger partial charge >= 0.3 is 11.9 Å². The fraction of sp³-hybridized carbons (Fsp3) is 0.120. The van der Waals surface area contributed by atoms with E-state index in [1.807, 2.05) is 0 Å². The summed E-state index contributed by atoms with van der Waals surface area (Å²) in [5.74, 6) is -1.85. The first kappa shape index (κ1) is 25.2. The van der Waals surface area contributed by atoms with Gasteiger partial charge in [0.25, 0.3) is 0 Å². The first-order chi connectivity index (χ1) is 17.0. The molecule has 0 amide bonds. The van der Waals surface area contributed by atoms with Gasteiger partial charge < -0.3 is 9.47 Å². The van der Waals surface area contributed by atoms with Crippen molar-refractivity contribution in [3.8, 4) is 28.6 Å². The van der Waals surface area contributed by atoms with E-state index in [0.29, 0.717) is 22.9 Å². The summed E-state index contributed by atoms with van der Waals surface area (Å²) in [7, 11) is 1.50. The van der Waals surface area contributed by atoms with E-state index in [-0.39, 0.29) is 24.0 Å². The van der Waals surface area contributed by atoms with Crippen LogP contribution >= 0.6 is 11.6 Å². The van der Waals surface area contributed by atoms with Crippen LogP contribution in [0.15, 0.2) is 71.5 Å². The Bertz CT molecular complexity index is 1470. The molecule has 0 unspecified atom stereocenters. The third kappa shape index (κ3) is 5.65. The minimum Gasteiger partial charge on any atom is -0.473 e. The maximum atomic E-state index is 14.6. The van der Waals surface area contributed by atoms with Crippen molar-refractivity contribution in [3.05, 3.63) is 105 Å². The molecule has 0 spiro atoms. The molecule has 0 bridgehead atoms. The summed E-state index contributed by atoms with van der Waals surface area (Å²) < 4.78 is 79.0. The van der Waals surface area contributed by atoms with Gasteiger partial charge in [-0.1, -0.05) is 17.7 Å². The fourth-order valence-electron chi connectivity index (χ4n) is 3.28. The molecule has 1 heterocycles. The number of benzene rings is 3. The molecule has 0 fully saturated rings. The minimum atomic E-state index is -4.70. The number of nitrogens with zero attached hydrogens (tertiary/aromatic N) is 2. The minimum absolute atomic E-state index is 0.0287. The van der Waals surface area contributed by atoms with Gasteiger partial charge in [-0.15, -0.1) is 0 Å². The van der Waals surface area contributed by atoms with Gasteiger partial charge in [0, 0.05) is 13.1 Å². The summed E-state index contributed by atoms with van der Waals surface area (Å²) in [6, 6.07) is 13.6. The van der Waals surface area contributed by atoms with Gasteiger partial charge in [-0.2, -0.15) is 18.2 Å². The Kier molecular flexibility index (Phi) is 6.98. The highest BCUT2D eigenvalue weighted by Crippen LogP contribution is 2.38. The Balaban J connectivity index is 1.50. The summed E-state index contributed by atoms with van der Waals surface area (Å²) in [5.41, 5.74) is -0.373. The maximum absolute atomic E-state index is 14.6. The van der Waals surface area contributed by atoms with Gasteiger partial charge in [0.15, 0.2) is 11.6 Å². The lowest BCUT2D eigenvalue weighted by atomic mass is 10.1. The van der Waals surface area contributed by atoms with E-state index in [1.165, 1.54) is 60.1 Å². The van der Waals surface area contributed by atoms with E-state index >= 15 is 0 Å². The lowest BCUT2D eigenvalue weighted by Crippen LogP contribution is -2.22. The number of hydrogen-bond acceptors (Lipinski definition) is 4. The second kappa shape index (κ2) is 9.98. The van der Waals surface area contributed by atoms with Crippen LogP contribution in [-0.4, -0.2) is 9.55 Å². The number of rotatable bonds is 6. The largest absolute Gasteiger partial charge is 0.473 e. The van der Waals surface area contributed by atoms with Crippen molar-refractivity contribution in [2.45, 2.75) is 12.8 Å². The zero-order valence-corrected chi connectivity index (χ0v) is 19.2. The average molecular weight is 523 g/mol. The predicted octanol–water partition coefficient (Wildman–Crippen LogP) is 6.77. The van der Waals surface area contributed by atoms with Crippen molar-refractivity contribution in [3.63, 3.8) is 0 Å². The van der Waals surface area contributed by atoms with Crippen molar-refractivity contribution in [1.29, 1.82) is 0 Å². The van der Waals surface area contributed by atoms with Gasteiger partial charge in [0.2, 0.25) is 5.88 Å². The Morgan fingerprint density at radius 2 is 1.69 bits per heavy atom. The monoisotopic (exact) mass is 522 g/mol. The molecule has 0 N–H and O–H groups in total. The third-order valence-electron chi connectivity index (χ3n) is 5.11. The number of halogens is 6. The van der Waals surface area contributed by atoms with Crippen molar-refractivity contribution in [2.24, 2.45) is 7.05 Å². The molecule has 0 aliphatic heterocycles. The zero-order valence-electron chi connectivity index (χ0n) is 18.4. The molecule has 0 aliphatic rings. The SMILES string of the molecule is Cn1c(-c2ccc(F)cc2)cc(OCc2ccc(Oc3ccc(Cl)c(C(F)(F)F)c3)c(F)c2)nc1=O. The van der Waals surface area contributed by atoms with Crippen LogP contribution in [0.1, 0.15) is 11.1 Å². The molecule has 11 heteroatoms. The average Bonchev–Trinajstić information content (AvgIpc) is 2.82. The molecule has 36 heavy (non-hydrogen) atoms. The van der Waals surface area contributed by atoms with E-state index in [1.54, 1.807) is 0 Å². The van der Waals surface area contributed by atoms with Crippen molar-refractivity contribution in [2.75, 3.05) is 0 Å². The number of hydrogen-bond donors (Lipinski definition) is 0. The first-order valence-corrected chi connectivity index (χ1v) is 10.7. The van der Waals surface area contributed by atoms with Crippen LogP contribution in [0, 0.1) is 11.6 Å². The fourth-order valence-corrected chi connectivity index (χ4v) is 3.50. The van der Waals surface area contributed by atoms with Gasteiger partial charge in [-0.25, -0.2) is 13.6 Å². The molecular weight excluding hydrogens is 507 g/mol. The molecule has 0 atom stereocenters. The molecule has 5 nitrogen and oxygen atoms in total. The molecule has 1 aromatic heterocycles. The van der Waals surface area contributed by atoms with E-state index in [9.17, 15) is 26.7 Å². The summed E-state index contributed by atoms with van der Waals surface area (Å²) in [6.07, 6.45) is -4.70. The predicted molar refractivity (Wildman–Crippen MR) is 122 cm³/mol. The highest BCUT2D eigenvalue weighted by atomic mass is 35.5. The smallest absolute Gasteiger partial charge is 0.417 e. The van der Waals surface area contributed by atoms with Crippen molar-refractivity contribution >= 4 is 11.6 Å². The third-order valence-corrected chi connectivity index (χ3v) is 5.44. The Morgan fingerprint density at radius 1 is 0.972 bits per heavy atom. The summed E-state index contributed by atoms with van der Waals surface area (Å²) in [5, 5.41) is -0.505. The lowest BCUT2D eigenvalue weighted by Gasteiger charge is -2.13. The highest BCUT2D eigenvalue weighted by Gasteiger charge is 2.33. The number of ether oxygens (including phenoxy) is 2. The lowest BCUT2D eigenvalue weighted by molar-refractivity contribution is -0.137. The molecule has 4 rings (SSSR count). The van der Waals surface area contributed by atoms with Gasteiger partial charge in [-0.05, 0) is 65.7 Å². The molecule has 0 radical (unpaired) electrons. The van der Waals surface area contributed by atoms with E-state index in [0.717, 1.165) is 12.1 Å². The number of aromatic nitrogens is 2. The van der Waals surface area contributed by atoms with Crippen LogP contribution in [0.4, 0.5) is 22.0 Å². The Morgan fingerprint density at radius 3 is 2.36 bits per heavy atom. The maximum Gasteiger partial charge on any atom is 0.417 e. The Hall–Kier alpha value is -3.92. The topological polar surface area (TPSA) is 53.4 Å². The molecule has 3 aromatic carbocycles. The van der Waals surface area contributed by atoms with Crippen LogP contribution in [-0.2, 0) is 19.8 Å². The van der Waals surface area contributed by atoms with Crippen LogP contribution in [0.5, 0.6) is 17.4 Å². The van der Waals surface area contributed by atoms with Gasteiger partial charge in [0.05, 0.1) is 16.3 Å². The van der Waals surface area contributed by atoms with Gasteiger partial charge in [0.1, 0.15) is 18.2 Å². The van der Waals surface area contributed by atoms with Crippen molar-refractivity contribution < 1.29 is 31.4 Å². The summed E-state index contributed by atoms with van der Waals surface area (Å²) in [4.78, 5) is 16.0. The first-order valence-electron chi connectivity index (χ1n) is 10.3. The van der Waals surface area contributed by atoms with E-state index in [4.69, 9.17) is 21.1 Å². The summed E-state index contributed by atoms with van der Waals surface area (Å²) >= 11 is 5.59. The van der Waals surface area contributed by atoms with E-state index in [2.05, 4.69) is 4.98 Å². The van der Waals surface area contributed by atoms with Crippen LogP contribution in [0.3, 0.4) is 0 Å². The molecule has 0 saturated heterocycles. The second-order valence-corrected chi connectivity index (χ2v) is 8.03. The second-order valence-electron chi connectivity index (χ2n) is 7.62. The highest BCUT2D eigenvalue weighted by molar-refractivity contribution is 6.31.